The number of carbonyl (C=O) groups excluding carboxylic acids is 1. The second-order valence-electron chi connectivity index (χ2n) is 4.60. The minimum Gasteiger partial charge on any atom is -0.326 e. The second-order valence-corrected chi connectivity index (χ2v) is 5.46. The number of carbonyl (C=O) groups is 1. The minimum absolute atomic E-state index is 0.0402. The van der Waals surface area contributed by atoms with E-state index in [0.29, 0.717) is 10.2 Å². The van der Waals surface area contributed by atoms with Crippen LogP contribution in [-0.2, 0) is 4.79 Å². The Balaban J connectivity index is 2.89. The zero-order chi connectivity index (χ0) is 13.2. The summed E-state index contributed by atoms with van der Waals surface area (Å²) in [5.74, 6) is -0.156. The molecule has 0 aromatic heterocycles. The summed E-state index contributed by atoms with van der Waals surface area (Å²) < 4.78 is 13.6. The SMILES string of the molecule is Cc1cc(F)c(Br)cc1NC(=O)C(C)C(C)C. The Morgan fingerprint density at radius 1 is 1.35 bits per heavy atom. The molecule has 0 spiro atoms. The maximum atomic E-state index is 13.2. The van der Waals surface area contributed by atoms with Crippen molar-refractivity contribution in [3.63, 3.8) is 0 Å². The van der Waals surface area contributed by atoms with Gasteiger partial charge in [0.15, 0.2) is 0 Å². The van der Waals surface area contributed by atoms with E-state index in [9.17, 15) is 9.18 Å². The highest BCUT2D eigenvalue weighted by Gasteiger charge is 2.17. The van der Waals surface area contributed by atoms with Crippen molar-refractivity contribution in [3.8, 4) is 0 Å². The van der Waals surface area contributed by atoms with Crippen LogP contribution in [0.2, 0.25) is 0 Å². The summed E-state index contributed by atoms with van der Waals surface area (Å²) in [4.78, 5) is 11.9. The molecule has 0 aliphatic heterocycles. The first kappa shape index (κ1) is 14.2. The Morgan fingerprint density at radius 2 is 1.94 bits per heavy atom. The molecule has 1 aromatic carbocycles. The molecule has 1 rings (SSSR count). The molecule has 1 atom stereocenters. The van der Waals surface area contributed by atoms with Crippen molar-refractivity contribution < 1.29 is 9.18 Å². The van der Waals surface area contributed by atoms with Crippen LogP contribution in [0.5, 0.6) is 0 Å². The molecule has 1 aromatic rings. The summed E-state index contributed by atoms with van der Waals surface area (Å²) in [5, 5.41) is 2.82. The van der Waals surface area contributed by atoms with Gasteiger partial charge in [-0.15, -0.1) is 0 Å². The van der Waals surface area contributed by atoms with Crippen LogP contribution in [-0.4, -0.2) is 5.91 Å². The van der Waals surface area contributed by atoms with E-state index in [0.717, 1.165) is 5.56 Å². The summed E-state index contributed by atoms with van der Waals surface area (Å²) in [5.41, 5.74) is 1.37. The van der Waals surface area contributed by atoms with E-state index in [1.807, 2.05) is 20.8 Å². The number of hydrogen-bond acceptors (Lipinski definition) is 1. The van der Waals surface area contributed by atoms with Crippen molar-refractivity contribution in [1.82, 2.24) is 0 Å². The van der Waals surface area contributed by atoms with Crippen LogP contribution in [0, 0.1) is 24.6 Å². The van der Waals surface area contributed by atoms with Crippen LogP contribution < -0.4 is 5.32 Å². The van der Waals surface area contributed by atoms with Gasteiger partial charge in [-0.05, 0) is 46.5 Å². The van der Waals surface area contributed by atoms with Crippen molar-refractivity contribution >= 4 is 27.5 Å². The quantitative estimate of drug-likeness (QED) is 0.894. The molecule has 4 heteroatoms. The lowest BCUT2D eigenvalue weighted by molar-refractivity contribution is -0.120. The van der Waals surface area contributed by atoms with Gasteiger partial charge in [0.05, 0.1) is 4.47 Å². The third kappa shape index (κ3) is 3.53. The Hall–Kier alpha value is -0.900. The fourth-order valence-electron chi connectivity index (χ4n) is 1.33. The highest BCUT2D eigenvalue weighted by molar-refractivity contribution is 9.10. The summed E-state index contributed by atoms with van der Waals surface area (Å²) >= 11 is 3.11. The van der Waals surface area contributed by atoms with Crippen LogP contribution >= 0.6 is 15.9 Å². The van der Waals surface area contributed by atoms with Crippen molar-refractivity contribution in [2.75, 3.05) is 5.32 Å². The average Bonchev–Trinajstić information content (AvgIpc) is 2.24. The molecule has 0 saturated carbocycles. The topological polar surface area (TPSA) is 29.1 Å². The zero-order valence-corrected chi connectivity index (χ0v) is 12.1. The number of nitrogens with one attached hydrogen (secondary N) is 1. The molecule has 0 aliphatic carbocycles. The summed E-state index contributed by atoms with van der Waals surface area (Å²) in [6, 6.07) is 3.00. The maximum absolute atomic E-state index is 13.2. The number of anilines is 1. The molecule has 0 heterocycles. The van der Waals surface area contributed by atoms with E-state index >= 15 is 0 Å². The highest BCUT2D eigenvalue weighted by atomic mass is 79.9. The highest BCUT2D eigenvalue weighted by Crippen LogP contribution is 2.25. The van der Waals surface area contributed by atoms with Gasteiger partial charge in [0.1, 0.15) is 5.82 Å². The van der Waals surface area contributed by atoms with Crippen LogP contribution in [0.1, 0.15) is 26.3 Å². The molecule has 0 aliphatic rings. The molecular weight excluding hydrogens is 285 g/mol. The Kier molecular flexibility index (Phi) is 4.69. The fraction of sp³-hybridized carbons (Fsp3) is 0.462. The lowest BCUT2D eigenvalue weighted by Gasteiger charge is -2.16. The third-order valence-electron chi connectivity index (χ3n) is 2.94. The summed E-state index contributed by atoms with van der Waals surface area (Å²) in [7, 11) is 0. The number of benzene rings is 1. The van der Waals surface area contributed by atoms with Crippen LogP contribution in [0.3, 0.4) is 0 Å². The molecule has 0 saturated heterocycles. The van der Waals surface area contributed by atoms with E-state index in [4.69, 9.17) is 0 Å². The predicted octanol–water partition coefficient (Wildman–Crippen LogP) is 4.13. The Labute approximate surface area is 110 Å². The number of hydrogen-bond donors (Lipinski definition) is 1. The van der Waals surface area contributed by atoms with E-state index in [-0.39, 0.29) is 23.6 Å². The van der Waals surface area contributed by atoms with Gasteiger partial charge in [-0.1, -0.05) is 20.8 Å². The van der Waals surface area contributed by atoms with Gasteiger partial charge < -0.3 is 5.32 Å². The normalized spacial score (nSPS) is 12.6. The van der Waals surface area contributed by atoms with Gasteiger partial charge in [0.2, 0.25) is 5.91 Å². The van der Waals surface area contributed by atoms with Crippen molar-refractivity contribution in [3.05, 3.63) is 28.0 Å². The molecule has 0 radical (unpaired) electrons. The molecular formula is C13H17BrFNO. The molecule has 1 amide bonds. The third-order valence-corrected chi connectivity index (χ3v) is 3.55. The first-order valence-electron chi connectivity index (χ1n) is 5.59. The Morgan fingerprint density at radius 3 is 2.47 bits per heavy atom. The van der Waals surface area contributed by atoms with Crippen LogP contribution in [0.15, 0.2) is 16.6 Å². The van der Waals surface area contributed by atoms with Crippen LogP contribution in [0.4, 0.5) is 10.1 Å². The minimum atomic E-state index is -0.322. The first-order valence-corrected chi connectivity index (χ1v) is 6.38. The number of halogens is 2. The lowest BCUT2D eigenvalue weighted by atomic mass is 9.97. The molecule has 2 nitrogen and oxygen atoms in total. The number of amides is 1. The van der Waals surface area contributed by atoms with Crippen LogP contribution in [0.25, 0.3) is 0 Å². The standard InChI is InChI=1S/C13H17BrFNO/c1-7(2)9(4)13(17)16-12-6-10(14)11(15)5-8(12)3/h5-7,9H,1-4H3,(H,16,17). The molecule has 17 heavy (non-hydrogen) atoms. The summed E-state index contributed by atoms with van der Waals surface area (Å²) in [6.07, 6.45) is 0. The first-order chi connectivity index (χ1) is 7.82. The lowest BCUT2D eigenvalue weighted by Crippen LogP contribution is -2.24. The van der Waals surface area contributed by atoms with Crippen molar-refractivity contribution in [2.24, 2.45) is 11.8 Å². The number of rotatable bonds is 3. The fourth-order valence-corrected chi connectivity index (χ4v) is 1.67. The van der Waals surface area contributed by atoms with E-state index in [2.05, 4.69) is 21.2 Å². The molecule has 0 bridgehead atoms. The molecule has 94 valence electrons. The van der Waals surface area contributed by atoms with Gasteiger partial charge in [-0.25, -0.2) is 4.39 Å². The smallest absolute Gasteiger partial charge is 0.227 e. The van der Waals surface area contributed by atoms with Gasteiger partial charge in [-0.2, -0.15) is 0 Å². The largest absolute Gasteiger partial charge is 0.326 e. The van der Waals surface area contributed by atoms with E-state index in [1.54, 1.807) is 13.0 Å². The maximum Gasteiger partial charge on any atom is 0.227 e. The van der Waals surface area contributed by atoms with E-state index in [1.165, 1.54) is 6.07 Å². The Bertz CT molecular complexity index is 432. The van der Waals surface area contributed by atoms with Gasteiger partial charge in [-0.3, -0.25) is 4.79 Å². The molecule has 1 unspecified atom stereocenters. The second kappa shape index (κ2) is 5.63. The van der Waals surface area contributed by atoms with Gasteiger partial charge >= 0.3 is 0 Å². The number of aryl methyl sites for hydroxylation is 1. The van der Waals surface area contributed by atoms with E-state index < -0.39 is 0 Å². The predicted molar refractivity (Wildman–Crippen MR) is 71.5 cm³/mol. The monoisotopic (exact) mass is 301 g/mol. The van der Waals surface area contributed by atoms with Gasteiger partial charge in [0.25, 0.3) is 0 Å². The molecule has 0 fully saturated rings. The summed E-state index contributed by atoms with van der Waals surface area (Å²) in [6.45, 7) is 7.65. The zero-order valence-electron chi connectivity index (χ0n) is 10.5. The van der Waals surface area contributed by atoms with Crippen molar-refractivity contribution in [1.29, 1.82) is 0 Å². The van der Waals surface area contributed by atoms with Crippen molar-refractivity contribution in [2.45, 2.75) is 27.7 Å². The molecule has 1 N–H and O–H groups in total. The van der Waals surface area contributed by atoms with Gasteiger partial charge in [0, 0.05) is 11.6 Å². The average molecular weight is 302 g/mol.